The van der Waals surface area contributed by atoms with Crippen LogP contribution in [0.15, 0.2) is 34.5 Å². The number of β-lactam (4-membered cyclic amide) rings is 1. The van der Waals surface area contributed by atoms with Crippen molar-refractivity contribution in [2.45, 2.75) is 18.3 Å². The number of hydrogen-bond acceptors (Lipinski definition) is 10. The van der Waals surface area contributed by atoms with E-state index in [2.05, 4.69) is 26.9 Å². The number of carbonyl (C=O) groups is 4. The molecule has 152 valence electrons. The Hall–Kier alpha value is -3.19. The number of oxime groups is 1. The van der Waals surface area contributed by atoms with E-state index in [1.54, 1.807) is 0 Å². The van der Waals surface area contributed by atoms with Crippen molar-refractivity contribution in [2.75, 3.05) is 11.5 Å². The van der Waals surface area contributed by atoms with E-state index in [-0.39, 0.29) is 22.2 Å². The molecule has 13 heteroatoms. The first-order valence-electron chi connectivity index (χ1n) is 8.06. The number of thioether (sulfide) groups is 1. The Balaban J connectivity index is 1.82. The van der Waals surface area contributed by atoms with Gasteiger partial charge in [0.25, 0.3) is 11.8 Å². The molecule has 0 saturated carbocycles. The third-order valence-corrected chi connectivity index (χ3v) is 5.95. The number of aromatic nitrogens is 1. The number of carboxylic acids is 1. The average molecular weight is 437 g/mol. The zero-order valence-electron chi connectivity index (χ0n) is 14.9. The first-order valence-corrected chi connectivity index (χ1v) is 9.98. The maximum Gasteiger partial charge on any atom is 0.352 e. The molecule has 2 unspecified atom stereocenters. The van der Waals surface area contributed by atoms with Crippen molar-refractivity contribution < 1.29 is 29.1 Å². The van der Waals surface area contributed by atoms with Crippen molar-refractivity contribution in [1.82, 2.24) is 15.2 Å². The molecule has 0 aromatic carbocycles. The molecular weight excluding hydrogens is 422 g/mol. The lowest BCUT2D eigenvalue weighted by molar-refractivity contribution is -0.150. The molecule has 1 aromatic heterocycles. The number of nitrogens with zero attached hydrogens (tertiary/aromatic N) is 3. The summed E-state index contributed by atoms with van der Waals surface area (Å²) in [7, 11) is 0. The van der Waals surface area contributed by atoms with Crippen LogP contribution in [0.5, 0.6) is 0 Å². The minimum Gasteiger partial charge on any atom is -0.477 e. The van der Waals surface area contributed by atoms with Crippen LogP contribution in [0.4, 0.5) is 5.13 Å². The van der Waals surface area contributed by atoms with Gasteiger partial charge in [-0.25, -0.2) is 14.6 Å². The molecule has 11 nitrogen and oxygen atoms in total. The monoisotopic (exact) mass is 437 g/mol. The molecule has 1 aromatic rings. The number of carbonyl (C=O) groups excluding carboxylic acids is 3. The van der Waals surface area contributed by atoms with Gasteiger partial charge in [0, 0.05) is 18.1 Å². The summed E-state index contributed by atoms with van der Waals surface area (Å²) in [5, 5.41) is 16.5. The summed E-state index contributed by atoms with van der Waals surface area (Å²) in [6.45, 7) is 4.68. The third kappa shape index (κ3) is 3.86. The van der Waals surface area contributed by atoms with Crippen LogP contribution in [0.1, 0.15) is 12.6 Å². The highest BCUT2D eigenvalue weighted by Crippen LogP contribution is 2.40. The van der Waals surface area contributed by atoms with Crippen LogP contribution in [-0.4, -0.2) is 61.6 Å². The van der Waals surface area contributed by atoms with Gasteiger partial charge in [0.1, 0.15) is 22.8 Å². The Kier molecular flexibility index (Phi) is 5.70. The molecule has 1 fully saturated rings. The lowest BCUT2D eigenvalue weighted by atomic mass is 10.0. The number of nitrogens with one attached hydrogen (secondary N) is 1. The van der Waals surface area contributed by atoms with Crippen LogP contribution < -0.4 is 11.1 Å². The number of nitrogen functional groups attached to an aromatic ring is 1. The second kappa shape index (κ2) is 8.05. The van der Waals surface area contributed by atoms with E-state index in [1.807, 2.05) is 0 Å². The van der Waals surface area contributed by atoms with Crippen molar-refractivity contribution in [3.05, 3.63) is 35.0 Å². The normalized spacial score (nSPS) is 21.2. The molecule has 0 radical (unpaired) electrons. The highest BCUT2D eigenvalue weighted by Gasteiger charge is 2.54. The lowest BCUT2D eigenvalue weighted by Crippen LogP contribution is -2.71. The van der Waals surface area contributed by atoms with E-state index < -0.39 is 35.2 Å². The van der Waals surface area contributed by atoms with Crippen molar-refractivity contribution in [3.8, 4) is 0 Å². The van der Waals surface area contributed by atoms with Crippen LogP contribution in [0, 0.1) is 0 Å². The quantitative estimate of drug-likeness (QED) is 0.239. The lowest BCUT2D eigenvalue weighted by Gasteiger charge is -2.49. The molecule has 2 aliphatic rings. The number of allylic oxidation sites excluding steroid dienone is 1. The molecule has 0 bridgehead atoms. The number of hydrogen-bond donors (Lipinski definition) is 3. The fourth-order valence-corrected chi connectivity index (χ4v) is 4.61. The number of thiazole rings is 1. The minimum atomic E-state index is -1.25. The summed E-state index contributed by atoms with van der Waals surface area (Å²) in [4.78, 5) is 57.4. The van der Waals surface area contributed by atoms with E-state index in [9.17, 15) is 24.3 Å². The summed E-state index contributed by atoms with van der Waals surface area (Å²) in [5.41, 5.74) is 5.58. The predicted molar refractivity (Wildman–Crippen MR) is 105 cm³/mol. The van der Waals surface area contributed by atoms with E-state index in [0.717, 1.165) is 23.2 Å². The first-order chi connectivity index (χ1) is 13.7. The Labute approximate surface area is 172 Å². The second-order valence-corrected chi connectivity index (χ2v) is 7.83. The summed E-state index contributed by atoms with van der Waals surface area (Å²) >= 11 is 2.34. The summed E-state index contributed by atoms with van der Waals surface area (Å²) in [6, 6.07) is -0.980. The van der Waals surface area contributed by atoms with Gasteiger partial charge in [-0.05, 0) is 5.57 Å². The van der Waals surface area contributed by atoms with Crippen LogP contribution in [0.25, 0.3) is 0 Å². The zero-order valence-corrected chi connectivity index (χ0v) is 16.6. The summed E-state index contributed by atoms with van der Waals surface area (Å²) in [6.07, 6.45) is 1.39. The number of amides is 2. The first kappa shape index (κ1) is 20.5. The van der Waals surface area contributed by atoms with E-state index in [4.69, 9.17) is 5.73 Å². The van der Waals surface area contributed by atoms with Crippen LogP contribution >= 0.6 is 23.1 Å². The molecule has 2 aliphatic heterocycles. The third-order valence-electron chi connectivity index (χ3n) is 3.98. The van der Waals surface area contributed by atoms with Gasteiger partial charge < -0.3 is 21.0 Å². The number of rotatable bonds is 6. The minimum absolute atomic E-state index is 0.0752. The molecule has 3 rings (SSSR count). The Morgan fingerprint density at radius 3 is 2.79 bits per heavy atom. The Morgan fingerprint density at radius 2 is 2.24 bits per heavy atom. The predicted octanol–water partition coefficient (Wildman–Crippen LogP) is -0.0829. The average Bonchev–Trinajstić information content (AvgIpc) is 3.10. The topological polar surface area (TPSA) is 164 Å². The highest BCUT2D eigenvalue weighted by atomic mass is 32.2. The fraction of sp³-hybridized carbons (Fsp3) is 0.250. The number of fused-ring (bicyclic) bond motifs is 1. The molecular formula is C16H15N5O6S2. The van der Waals surface area contributed by atoms with E-state index in [0.29, 0.717) is 11.3 Å². The molecule has 2 amide bonds. The van der Waals surface area contributed by atoms with Crippen LogP contribution in [0.3, 0.4) is 0 Å². The Morgan fingerprint density at radius 1 is 1.52 bits per heavy atom. The van der Waals surface area contributed by atoms with Gasteiger partial charge in [0.2, 0.25) is 0 Å². The van der Waals surface area contributed by atoms with Gasteiger partial charge in [-0.1, -0.05) is 17.8 Å². The summed E-state index contributed by atoms with van der Waals surface area (Å²) in [5.74, 6) is -3.08. The van der Waals surface area contributed by atoms with Crippen molar-refractivity contribution in [2.24, 2.45) is 5.16 Å². The van der Waals surface area contributed by atoms with Gasteiger partial charge in [-0.15, -0.1) is 23.1 Å². The van der Waals surface area contributed by atoms with Crippen molar-refractivity contribution >= 4 is 57.7 Å². The fourth-order valence-electron chi connectivity index (χ4n) is 2.72. The molecule has 3 heterocycles. The van der Waals surface area contributed by atoms with Gasteiger partial charge in [-0.3, -0.25) is 14.5 Å². The standard InChI is InChI=1S/C16H15N5O6S2/c1-3-7-4-28-14-10(13(24)21(14)11(7)15(25)26)19-12(23)9(20-27-6(2)22)8-5-29-16(17)18-8/h3,5,10,14H,1,4H2,2H3,(H2,17,18)(H,19,23)(H,25,26)/b20-9-. The molecule has 4 N–H and O–H groups in total. The number of anilines is 1. The number of carboxylic acid groups (broad SMARTS) is 1. The largest absolute Gasteiger partial charge is 0.477 e. The van der Waals surface area contributed by atoms with Gasteiger partial charge >= 0.3 is 11.9 Å². The van der Waals surface area contributed by atoms with Crippen LogP contribution in [0.2, 0.25) is 0 Å². The van der Waals surface area contributed by atoms with Gasteiger partial charge in [-0.2, -0.15) is 0 Å². The molecule has 1 saturated heterocycles. The van der Waals surface area contributed by atoms with Gasteiger partial charge in [0.15, 0.2) is 10.8 Å². The SMILES string of the molecule is C=CC1=C(C(=O)O)N2C(=O)C(NC(=O)/C(=N\OC(C)=O)c3csc(N)n3)C2SC1. The molecule has 0 aliphatic carbocycles. The smallest absolute Gasteiger partial charge is 0.352 e. The zero-order chi connectivity index (χ0) is 21.3. The second-order valence-electron chi connectivity index (χ2n) is 5.84. The van der Waals surface area contributed by atoms with Crippen molar-refractivity contribution in [3.63, 3.8) is 0 Å². The van der Waals surface area contributed by atoms with Crippen LogP contribution in [-0.2, 0) is 24.0 Å². The van der Waals surface area contributed by atoms with E-state index >= 15 is 0 Å². The molecule has 0 spiro atoms. The highest BCUT2D eigenvalue weighted by molar-refractivity contribution is 8.00. The van der Waals surface area contributed by atoms with E-state index in [1.165, 1.54) is 23.2 Å². The molecule has 29 heavy (non-hydrogen) atoms. The maximum atomic E-state index is 12.7. The Bertz CT molecular complexity index is 984. The maximum absolute atomic E-state index is 12.7. The molecule has 2 atom stereocenters. The number of nitrogens with two attached hydrogens (primary N) is 1. The van der Waals surface area contributed by atoms with Crippen molar-refractivity contribution in [1.29, 1.82) is 0 Å². The summed E-state index contributed by atoms with van der Waals surface area (Å²) < 4.78 is 0. The number of aliphatic carboxylic acids is 1. The van der Waals surface area contributed by atoms with Gasteiger partial charge in [0.05, 0.1) is 0 Å².